The maximum atomic E-state index is 13.6. The molecule has 1 saturated carbocycles. The van der Waals surface area contributed by atoms with Gasteiger partial charge in [0.25, 0.3) is 5.91 Å². The Morgan fingerprint density at radius 2 is 1.76 bits per heavy atom. The number of aromatic nitrogens is 1. The van der Waals surface area contributed by atoms with Crippen LogP contribution in [0.2, 0.25) is 10.0 Å². The van der Waals surface area contributed by atoms with E-state index in [1.165, 1.54) is 59.8 Å². The zero-order valence-electron chi connectivity index (χ0n) is 24.9. The van der Waals surface area contributed by atoms with Crippen molar-refractivity contribution < 1.29 is 41.0 Å². The Balaban J connectivity index is 1.43. The van der Waals surface area contributed by atoms with E-state index in [2.05, 4.69) is 9.72 Å². The maximum Gasteiger partial charge on any atom is 0.387 e. The van der Waals surface area contributed by atoms with Crippen LogP contribution in [-0.4, -0.2) is 74.4 Å². The number of ether oxygens (including phenoxy) is 3. The Bertz CT molecular complexity index is 1700. The van der Waals surface area contributed by atoms with Gasteiger partial charge in [-0.1, -0.05) is 35.3 Å². The monoisotopic (exact) mass is 697 g/mol. The van der Waals surface area contributed by atoms with E-state index >= 15 is 0 Å². The second kappa shape index (κ2) is 14.1. The predicted molar refractivity (Wildman–Crippen MR) is 165 cm³/mol. The molecule has 46 heavy (non-hydrogen) atoms. The van der Waals surface area contributed by atoms with Crippen LogP contribution in [0, 0.1) is 5.92 Å². The van der Waals surface area contributed by atoms with Crippen molar-refractivity contribution >= 4 is 45.1 Å². The van der Waals surface area contributed by atoms with Gasteiger partial charge in [0.2, 0.25) is 10.0 Å². The fourth-order valence-electron chi connectivity index (χ4n) is 4.86. The van der Waals surface area contributed by atoms with E-state index in [1.54, 1.807) is 14.1 Å². The van der Waals surface area contributed by atoms with Crippen LogP contribution in [0.5, 0.6) is 11.5 Å². The number of alkyl halides is 2. The third-order valence-corrected chi connectivity index (χ3v) is 10.2. The third-order valence-electron chi connectivity index (χ3n) is 7.66. The molecule has 0 unspecified atom stereocenters. The topological polar surface area (TPSA) is 115 Å². The van der Waals surface area contributed by atoms with Crippen molar-refractivity contribution in [2.24, 2.45) is 5.92 Å². The van der Waals surface area contributed by atoms with Crippen LogP contribution in [0.1, 0.15) is 46.9 Å². The molecule has 1 amide bonds. The van der Waals surface area contributed by atoms with E-state index in [0.717, 1.165) is 17.1 Å². The summed E-state index contributed by atoms with van der Waals surface area (Å²) in [6.07, 6.45) is 3.73. The largest absolute Gasteiger partial charge is 0.489 e. The third kappa shape index (κ3) is 7.71. The summed E-state index contributed by atoms with van der Waals surface area (Å²) >= 11 is 12.8. The van der Waals surface area contributed by atoms with Gasteiger partial charge in [0.1, 0.15) is 12.1 Å². The molecule has 1 aromatic heterocycles. The predicted octanol–water partition coefficient (Wildman–Crippen LogP) is 5.77. The molecule has 2 heterocycles. The first-order chi connectivity index (χ1) is 21.8. The van der Waals surface area contributed by atoms with Gasteiger partial charge < -0.3 is 19.1 Å². The van der Waals surface area contributed by atoms with Crippen molar-refractivity contribution in [2.75, 3.05) is 27.2 Å². The fraction of sp³-hybridized carbons (Fsp3) is 0.387. The zero-order valence-corrected chi connectivity index (χ0v) is 27.2. The molecule has 0 bridgehead atoms. The number of nitrogens with zero attached hydrogens (tertiary/aromatic N) is 3. The number of carbonyl (C=O) groups excluding carboxylic acids is 2. The number of benzene rings is 2. The van der Waals surface area contributed by atoms with Gasteiger partial charge in [0, 0.05) is 45.0 Å². The molecule has 0 spiro atoms. The highest BCUT2D eigenvalue weighted by molar-refractivity contribution is 7.89. The lowest BCUT2D eigenvalue weighted by Crippen LogP contribution is -2.55. The summed E-state index contributed by atoms with van der Waals surface area (Å²) in [6, 6.07) is 8.61. The number of hydrogen-bond acceptors (Lipinski definition) is 8. The van der Waals surface area contributed by atoms with E-state index < -0.39 is 34.7 Å². The van der Waals surface area contributed by atoms with E-state index in [-0.39, 0.29) is 57.3 Å². The highest BCUT2D eigenvalue weighted by Crippen LogP contribution is 2.39. The van der Waals surface area contributed by atoms with Crippen LogP contribution in [0.4, 0.5) is 8.78 Å². The van der Waals surface area contributed by atoms with Gasteiger partial charge in [-0.2, -0.15) is 13.1 Å². The lowest BCUT2D eigenvalue weighted by atomic mass is 10.0. The molecule has 5 rings (SSSR count). The van der Waals surface area contributed by atoms with Crippen molar-refractivity contribution in [1.29, 1.82) is 0 Å². The molecule has 2 aromatic carbocycles. The molecule has 1 aliphatic heterocycles. The molecular weight excluding hydrogens is 667 g/mol. The first-order valence-corrected chi connectivity index (χ1v) is 16.6. The Morgan fingerprint density at radius 1 is 1.04 bits per heavy atom. The molecule has 3 aromatic rings. The summed E-state index contributed by atoms with van der Waals surface area (Å²) in [7, 11) is -1.08. The summed E-state index contributed by atoms with van der Waals surface area (Å²) in [4.78, 5) is 31.2. The van der Waals surface area contributed by atoms with Gasteiger partial charge >= 0.3 is 12.6 Å². The zero-order chi connectivity index (χ0) is 33.2. The van der Waals surface area contributed by atoms with Crippen molar-refractivity contribution in [3.63, 3.8) is 0 Å². The van der Waals surface area contributed by atoms with E-state index in [9.17, 15) is 26.8 Å². The highest BCUT2D eigenvalue weighted by Gasteiger charge is 2.45. The Labute approximate surface area is 275 Å². The van der Waals surface area contributed by atoms with Gasteiger partial charge in [-0.3, -0.25) is 14.6 Å². The average molecular weight is 699 g/mol. The van der Waals surface area contributed by atoms with Crippen molar-refractivity contribution in [3.8, 4) is 11.5 Å². The van der Waals surface area contributed by atoms with Gasteiger partial charge in [-0.15, -0.1) is 0 Å². The summed E-state index contributed by atoms with van der Waals surface area (Å²) < 4.78 is 70.9. The van der Waals surface area contributed by atoms with E-state index in [0.29, 0.717) is 23.7 Å². The SMILES string of the molecule is CN(C)C(=O)c1cccc(S(=O)(=O)N2CC[C@H]2C(=O)O[C@@H](Cc2c(Cl)cncc2Cl)c2ccc(OC(F)F)c(OCC3CC3)c2)c1. The minimum Gasteiger partial charge on any atom is -0.489 e. The number of hydrogen-bond donors (Lipinski definition) is 0. The van der Waals surface area contributed by atoms with E-state index in [1.807, 2.05) is 0 Å². The number of carbonyl (C=O) groups is 2. The van der Waals surface area contributed by atoms with Gasteiger partial charge in [0.05, 0.1) is 21.5 Å². The molecule has 1 aliphatic carbocycles. The van der Waals surface area contributed by atoms with Crippen LogP contribution < -0.4 is 9.47 Å². The molecule has 2 atom stereocenters. The lowest BCUT2D eigenvalue weighted by molar-refractivity contribution is -0.157. The second-order valence-corrected chi connectivity index (χ2v) is 13.9. The summed E-state index contributed by atoms with van der Waals surface area (Å²) in [5.74, 6) is -1.05. The molecule has 1 saturated heterocycles. The Kier molecular flexibility index (Phi) is 10.4. The number of pyridine rings is 1. The van der Waals surface area contributed by atoms with E-state index in [4.69, 9.17) is 32.7 Å². The number of halogens is 4. The van der Waals surface area contributed by atoms with Crippen molar-refractivity contribution in [3.05, 3.63) is 81.6 Å². The molecule has 0 radical (unpaired) electrons. The van der Waals surface area contributed by atoms with Crippen LogP contribution in [-0.2, 0) is 26.0 Å². The maximum absolute atomic E-state index is 13.6. The smallest absolute Gasteiger partial charge is 0.387 e. The van der Waals surface area contributed by atoms with Crippen LogP contribution in [0.15, 0.2) is 59.8 Å². The molecular formula is C31H31Cl2F2N3O7S. The van der Waals surface area contributed by atoms with Gasteiger partial charge in [-0.05, 0) is 66.6 Å². The highest BCUT2D eigenvalue weighted by atomic mass is 35.5. The van der Waals surface area contributed by atoms with Gasteiger partial charge in [0.15, 0.2) is 11.5 Å². The normalized spacial score (nSPS) is 17.2. The minimum absolute atomic E-state index is 0.0395. The number of esters is 1. The Morgan fingerprint density at radius 3 is 2.37 bits per heavy atom. The molecule has 2 aliphatic rings. The molecule has 246 valence electrons. The quantitative estimate of drug-likeness (QED) is 0.207. The standard InChI is InChI=1S/C31H31Cl2F2N3O7S/c1-37(2)29(39)20-4-3-5-21(12-20)46(41,42)38-11-10-25(38)30(40)44-27(14-22-23(32)15-36-16-24(22)33)19-8-9-26(45-31(34)35)28(13-19)43-17-18-6-7-18/h3-5,8-9,12-13,15-16,18,25,27,31H,6-7,10-11,14,17H2,1-2H3/t25-,27-/m0/s1. The molecule has 2 fully saturated rings. The summed E-state index contributed by atoms with van der Waals surface area (Å²) in [5.41, 5.74) is 0.939. The van der Waals surface area contributed by atoms with Crippen molar-refractivity contribution in [1.82, 2.24) is 14.2 Å². The number of amides is 1. The number of rotatable bonds is 13. The second-order valence-electron chi connectivity index (χ2n) is 11.2. The molecule has 0 N–H and O–H groups in total. The summed E-state index contributed by atoms with van der Waals surface area (Å²) in [5, 5.41) is 0.410. The molecule has 15 heteroatoms. The lowest BCUT2D eigenvalue weighted by Gasteiger charge is -2.38. The van der Waals surface area contributed by atoms with Crippen LogP contribution >= 0.6 is 23.2 Å². The van der Waals surface area contributed by atoms with Crippen molar-refractivity contribution in [2.45, 2.75) is 49.3 Å². The van der Waals surface area contributed by atoms with Crippen LogP contribution in [0.3, 0.4) is 0 Å². The van der Waals surface area contributed by atoms with Gasteiger partial charge in [-0.25, -0.2) is 8.42 Å². The molecule has 10 nitrogen and oxygen atoms in total. The fourth-order valence-corrected chi connectivity index (χ4v) is 7.05. The Hall–Kier alpha value is -3.52. The minimum atomic E-state index is -4.18. The summed E-state index contributed by atoms with van der Waals surface area (Å²) in [6.45, 7) is -2.74. The first kappa shape index (κ1) is 33.8. The first-order valence-electron chi connectivity index (χ1n) is 14.4. The number of sulfonamides is 1. The van der Waals surface area contributed by atoms with Crippen LogP contribution in [0.25, 0.3) is 0 Å². The average Bonchev–Trinajstić information content (AvgIpc) is 3.81.